The second kappa shape index (κ2) is 8.66. The molecule has 3 aromatic carbocycles. The molecule has 0 spiro atoms. The molecule has 0 aliphatic rings. The summed E-state index contributed by atoms with van der Waals surface area (Å²) in [6, 6.07) is 19.8. The van der Waals surface area contributed by atoms with Crippen molar-refractivity contribution >= 4 is 27.5 Å². The normalized spacial score (nSPS) is 11.2. The van der Waals surface area contributed by atoms with Crippen LogP contribution in [0.25, 0.3) is 21.5 Å². The van der Waals surface area contributed by atoms with E-state index in [4.69, 9.17) is 5.11 Å². The monoisotopic (exact) mass is 334 g/mol. The van der Waals surface area contributed by atoms with Crippen LogP contribution in [0.15, 0.2) is 54.6 Å². The van der Waals surface area contributed by atoms with E-state index in [1.807, 2.05) is 0 Å². The molecule has 0 bridgehead atoms. The maximum absolute atomic E-state index is 10.5. The summed E-state index contributed by atoms with van der Waals surface area (Å²) in [6.07, 6.45) is 8.04. The molecule has 130 valence electrons. The molecule has 0 atom stereocenters. The number of carboxylic acids is 1. The van der Waals surface area contributed by atoms with Gasteiger partial charge in [0, 0.05) is 6.42 Å². The third kappa shape index (κ3) is 4.82. The first-order valence-corrected chi connectivity index (χ1v) is 9.36. The van der Waals surface area contributed by atoms with Crippen molar-refractivity contribution in [3.8, 4) is 0 Å². The van der Waals surface area contributed by atoms with Crippen LogP contribution in [0.1, 0.15) is 50.5 Å². The Labute approximate surface area is 149 Å². The SMILES string of the molecule is O=C(O)CCCCCCCCc1cccc2cc3ccccc3cc12. The van der Waals surface area contributed by atoms with E-state index in [2.05, 4.69) is 54.6 Å². The quantitative estimate of drug-likeness (QED) is 0.365. The van der Waals surface area contributed by atoms with Crippen LogP contribution in [0.3, 0.4) is 0 Å². The van der Waals surface area contributed by atoms with Crippen molar-refractivity contribution in [1.29, 1.82) is 0 Å². The average Bonchev–Trinajstić information content (AvgIpc) is 2.62. The third-order valence-corrected chi connectivity index (χ3v) is 4.92. The summed E-state index contributed by atoms with van der Waals surface area (Å²) in [4.78, 5) is 10.5. The van der Waals surface area contributed by atoms with Crippen LogP contribution < -0.4 is 0 Å². The summed E-state index contributed by atoms with van der Waals surface area (Å²) in [5.41, 5.74) is 1.44. The van der Waals surface area contributed by atoms with E-state index >= 15 is 0 Å². The Morgan fingerprint density at radius 1 is 0.720 bits per heavy atom. The van der Waals surface area contributed by atoms with Crippen molar-refractivity contribution in [1.82, 2.24) is 0 Å². The van der Waals surface area contributed by atoms with Gasteiger partial charge in [0.25, 0.3) is 0 Å². The lowest BCUT2D eigenvalue weighted by Gasteiger charge is -2.09. The van der Waals surface area contributed by atoms with Crippen LogP contribution in [0.2, 0.25) is 0 Å². The van der Waals surface area contributed by atoms with E-state index in [1.165, 1.54) is 46.4 Å². The number of hydrogen-bond acceptors (Lipinski definition) is 1. The van der Waals surface area contributed by atoms with E-state index in [0.717, 1.165) is 25.7 Å². The molecule has 25 heavy (non-hydrogen) atoms. The van der Waals surface area contributed by atoms with E-state index in [9.17, 15) is 4.79 Å². The number of benzene rings is 3. The lowest BCUT2D eigenvalue weighted by molar-refractivity contribution is -0.137. The number of aliphatic carboxylic acids is 1. The largest absolute Gasteiger partial charge is 0.481 e. The van der Waals surface area contributed by atoms with Crippen LogP contribution in [0.5, 0.6) is 0 Å². The van der Waals surface area contributed by atoms with Crippen molar-refractivity contribution in [2.45, 2.75) is 51.4 Å². The van der Waals surface area contributed by atoms with Gasteiger partial charge in [0.15, 0.2) is 0 Å². The van der Waals surface area contributed by atoms with Gasteiger partial charge in [-0.1, -0.05) is 68.1 Å². The molecule has 0 aromatic heterocycles. The number of carbonyl (C=O) groups is 1. The van der Waals surface area contributed by atoms with Crippen LogP contribution in [0.4, 0.5) is 0 Å². The minimum absolute atomic E-state index is 0.309. The predicted molar refractivity (Wildman–Crippen MR) is 105 cm³/mol. The average molecular weight is 334 g/mol. The topological polar surface area (TPSA) is 37.3 Å². The lowest BCUT2D eigenvalue weighted by Crippen LogP contribution is -1.93. The van der Waals surface area contributed by atoms with Crippen molar-refractivity contribution < 1.29 is 9.90 Å². The number of carboxylic acid groups (broad SMARTS) is 1. The zero-order valence-electron chi connectivity index (χ0n) is 14.7. The summed E-state index contributed by atoms with van der Waals surface area (Å²) >= 11 is 0. The summed E-state index contributed by atoms with van der Waals surface area (Å²) in [5, 5.41) is 13.9. The molecule has 2 nitrogen and oxygen atoms in total. The molecule has 0 heterocycles. The molecule has 3 aromatic rings. The maximum Gasteiger partial charge on any atom is 0.303 e. The first-order chi connectivity index (χ1) is 12.2. The van der Waals surface area contributed by atoms with Gasteiger partial charge in [-0.3, -0.25) is 4.79 Å². The van der Waals surface area contributed by atoms with Gasteiger partial charge in [0.2, 0.25) is 0 Å². The van der Waals surface area contributed by atoms with E-state index in [-0.39, 0.29) is 0 Å². The molecule has 3 rings (SSSR count). The number of fused-ring (bicyclic) bond motifs is 2. The predicted octanol–water partition coefficient (Wildman–Crippen LogP) is 6.35. The van der Waals surface area contributed by atoms with Gasteiger partial charge >= 0.3 is 5.97 Å². The molecular weight excluding hydrogens is 308 g/mol. The lowest BCUT2D eigenvalue weighted by atomic mass is 9.96. The number of unbranched alkanes of at least 4 members (excludes halogenated alkanes) is 5. The van der Waals surface area contributed by atoms with Gasteiger partial charge in [-0.05, 0) is 58.5 Å². The Bertz CT molecular complexity index is 851. The van der Waals surface area contributed by atoms with Gasteiger partial charge in [0.05, 0.1) is 0 Å². The molecule has 0 saturated carbocycles. The second-order valence-corrected chi connectivity index (χ2v) is 6.85. The Hall–Kier alpha value is -2.35. The summed E-state index contributed by atoms with van der Waals surface area (Å²) in [7, 11) is 0. The molecule has 0 radical (unpaired) electrons. The fraction of sp³-hybridized carbons (Fsp3) is 0.348. The van der Waals surface area contributed by atoms with Crippen LogP contribution in [-0.2, 0) is 11.2 Å². The van der Waals surface area contributed by atoms with Gasteiger partial charge in [-0.25, -0.2) is 0 Å². The highest BCUT2D eigenvalue weighted by Gasteiger charge is 2.03. The van der Waals surface area contributed by atoms with Crippen molar-refractivity contribution in [3.63, 3.8) is 0 Å². The zero-order chi connectivity index (χ0) is 17.5. The van der Waals surface area contributed by atoms with Crippen LogP contribution in [-0.4, -0.2) is 11.1 Å². The first kappa shape index (κ1) is 17.5. The van der Waals surface area contributed by atoms with Gasteiger partial charge in [0.1, 0.15) is 0 Å². The fourth-order valence-electron chi connectivity index (χ4n) is 3.55. The smallest absolute Gasteiger partial charge is 0.303 e. The Kier molecular flexibility index (Phi) is 6.05. The van der Waals surface area contributed by atoms with Gasteiger partial charge in [-0.2, -0.15) is 0 Å². The summed E-state index contributed by atoms with van der Waals surface area (Å²) < 4.78 is 0. The molecule has 0 fully saturated rings. The molecule has 0 saturated heterocycles. The highest BCUT2D eigenvalue weighted by molar-refractivity contribution is 5.99. The molecule has 0 amide bonds. The van der Waals surface area contributed by atoms with E-state index in [0.29, 0.717) is 6.42 Å². The summed E-state index contributed by atoms with van der Waals surface area (Å²) in [5.74, 6) is -0.677. The second-order valence-electron chi connectivity index (χ2n) is 6.85. The Morgan fingerprint density at radius 3 is 2.12 bits per heavy atom. The zero-order valence-corrected chi connectivity index (χ0v) is 14.7. The molecule has 0 aliphatic carbocycles. The highest BCUT2D eigenvalue weighted by Crippen LogP contribution is 2.26. The minimum Gasteiger partial charge on any atom is -0.481 e. The van der Waals surface area contributed by atoms with Gasteiger partial charge < -0.3 is 5.11 Å². The molecule has 0 aliphatic heterocycles. The van der Waals surface area contributed by atoms with Crippen molar-refractivity contribution in [3.05, 3.63) is 60.2 Å². The summed E-state index contributed by atoms with van der Waals surface area (Å²) in [6.45, 7) is 0. The highest BCUT2D eigenvalue weighted by atomic mass is 16.4. The van der Waals surface area contributed by atoms with Crippen molar-refractivity contribution in [2.75, 3.05) is 0 Å². The molecular formula is C23H26O2. The van der Waals surface area contributed by atoms with Crippen LogP contribution >= 0.6 is 0 Å². The number of hydrogen-bond donors (Lipinski definition) is 1. The Balaban J connectivity index is 1.55. The molecule has 0 unspecified atom stereocenters. The fourth-order valence-corrected chi connectivity index (χ4v) is 3.55. The molecule has 2 heteroatoms. The van der Waals surface area contributed by atoms with Gasteiger partial charge in [-0.15, -0.1) is 0 Å². The molecule has 1 N–H and O–H groups in total. The first-order valence-electron chi connectivity index (χ1n) is 9.36. The minimum atomic E-state index is -0.677. The number of aryl methyl sites for hydroxylation is 1. The maximum atomic E-state index is 10.5. The Morgan fingerprint density at radius 2 is 1.36 bits per heavy atom. The number of rotatable bonds is 9. The third-order valence-electron chi connectivity index (χ3n) is 4.92. The van der Waals surface area contributed by atoms with Crippen LogP contribution in [0, 0.1) is 0 Å². The van der Waals surface area contributed by atoms with E-state index < -0.39 is 5.97 Å². The standard InChI is InChI=1S/C23H26O2/c24-23(25)15-6-4-2-1-3-5-10-18-13-9-14-21-16-19-11-7-8-12-20(19)17-22(18)21/h7-9,11-14,16-17H,1-6,10,15H2,(H,24,25). The van der Waals surface area contributed by atoms with Crippen molar-refractivity contribution in [2.24, 2.45) is 0 Å². The van der Waals surface area contributed by atoms with E-state index in [1.54, 1.807) is 0 Å².